The molecule has 0 fully saturated rings. The fourth-order valence-corrected chi connectivity index (χ4v) is 1.71. The summed E-state index contributed by atoms with van der Waals surface area (Å²) in [6.07, 6.45) is 1.08. The number of benzene rings is 1. The Labute approximate surface area is 77.3 Å². The number of ether oxygens (including phenoxy) is 1. The summed E-state index contributed by atoms with van der Waals surface area (Å²) in [5.41, 5.74) is 1.24. The maximum absolute atomic E-state index is 5.87. The highest BCUT2D eigenvalue weighted by Crippen LogP contribution is 2.29. The maximum Gasteiger partial charge on any atom is 0.122 e. The van der Waals surface area contributed by atoms with Crippen molar-refractivity contribution in [1.29, 1.82) is 0 Å². The minimum Gasteiger partial charge on any atom is -0.493 e. The Hall–Kier alpha value is -0.690. The number of hydrogen-bond donors (Lipinski definition) is 0. The Morgan fingerprint density at radius 2 is 2.33 bits per heavy atom. The fraction of sp³-hybridized carbons (Fsp3) is 0.400. The van der Waals surface area contributed by atoms with E-state index >= 15 is 0 Å². The molecule has 0 aromatic heterocycles. The Bertz CT molecular complexity index is 296. The van der Waals surface area contributed by atoms with Crippen LogP contribution in [0.2, 0.25) is 5.02 Å². The molecule has 0 saturated carbocycles. The fourth-order valence-electron chi connectivity index (χ4n) is 1.51. The first-order valence-electron chi connectivity index (χ1n) is 4.17. The van der Waals surface area contributed by atoms with Crippen LogP contribution in [-0.2, 0) is 6.42 Å². The molecular weight excluding hydrogens is 172 g/mol. The Morgan fingerprint density at radius 1 is 1.50 bits per heavy atom. The van der Waals surface area contributed by atoms with E-state index in [1.807, 2.05) is 18.2 Å². The number of hydrogen-bond acceptors (Lipinski definition) is 1. The molecule has 1 atom stereocenters. The largest absolute Gasteiger partial charge is 0.493 e. The van der Waals surface area contributed by atoms with Crippen molar-refractivity contribution in [2.75, 3.05) is 6.61 Å². The molecule has 1 aromatic carbocycles. The highest BCUT2D eigenvalue weighted by Gasteiger charge is 2.15. The molecule has 1 aromatic rings. The second-order valence-corrected chi connectivity index (χ2v) is 3.81. The van der Waals surface area contributed by atoms with Gasteiger partial charge in [-0.3, -0.25) is 0 Å². The minimum absolute atomic E-state index is 0.607. The lowest BCUT2D eigenvalue weighted by Gasteiger charge is -2.22. The molecule has 0 N–H and O–H groups in total. The molecule has 1 nitrogen and oxygen atoms in total. The van der Waals surface area contributed by atoms with Gasteiger partial charge in [-0.1, -0.05) is 18.5 Å². The minimum atomic E-state index is 0.607. The van der Waals surface area contributed by atoms with Crippen LogP contribution < -0.4 is 4.74 Å². The molecule has 1 unspecified atom stereocenters. The normalized spacial score (nSPS) is 21.3. The van der Waals surface area contributed by atoms with Crippen molar-refractivity contribution >= 4 is 11.6 Å². The molecule has 64 valence electrons. The van der Waals surface area contributed by atoms with Gasteiger partial charge in [-0.25, -0.2) is 0 Å². The smallest absolute Gasteiger partial charge is 0.122 e. The molecule has 1 aliphatic rings. The van der Waals surface area contributed by atoms with Crippen LogP contribution in [0.15, 0.2) is 18.2 Å². The van der Waals surface area contributed by atoms with E-state index in [1.54, 1.807) is 0 Å². The standard InChI is InChI=1S/C10H11ClO/c1-7-4-8-5-9(11)2-3-10(8)12-6-7/h2-3,5,7H,4,6H2,1H3. The molecule has 12 heavy (non-hydrogen) atoms. The van der Waals surface area contributed by atoms with E-state index in [9.17, 15) is 0 Å². The van der Waals surface area contributed by atoms with Gasteiger partial charge in [0, 0.05) is 5.02 Å². The van der Waals surface area contributed by atoms with Crippen LogP contribution >= 0.6 is 11.6 Å². The summed E-state index contributed by atoms with van der Waals surface area (Å²) in [6, 6.07) is 5.81. The zero-order valence-corrected chi connectivity index (χ0v) is 7.77. The highest BCUT2D eigenvalue weighted by atomic mass is 35.5. The monoisotopic (exact) mass is 182 g/mol. The van der Waals surface area contributed by atoms with Gasteiger partial charge in [0.1, 0.15) is 5.75 Å². The number of rotatable bonds is 0. The first-order chi connectivity index (χ1) is 5.75. The number of halogens is 1. The predicted molar refractivity (Wildman–Crippen MR) is 49.8 cm³/mol. The van der Waals surface area contributed by atoms with Crippen molar-refractivity contribution in [1.82, 2.24) is 0 Å². The van der Waals surface area contributed by atoms with Crippen molar-refractivity contribution in [2.24, 2.45) is 5.92 Å². The Morgan fingerprint density at radius 3 is 3.17 bits per heavy atom. The van der Waals surface area contributed by atoms with Crippen LogP contribution in [0.1, 0.15) is 12.5 Å². The third-order valence-electron chi connectivity index (χ3n) is 2.11. The van der Waals surface area contributed by atoms with Crippen LogP contribution in [0.3, 0.4) is 0 Å². The van der Waals surface area contributed by atoms with E-state index in [-0.39, 0.29) is 0 Å². The highest BCUT2D eigenvalue weighted by molar-refractivity contribution is 6.30. The molecule has 1 aliphatic heterocycles. The predicted octanol–water partition coefficient (Wildman–Crippen LogP) is 2.91. The van der Waals surface area contributed by atoms with Gasteiger partial charge in [-0.05, 0) is 36.1 Å². The van der Waals surface area contributed by atoms with Gasteiger partial charge in [0.25, 0.3) is 0 Å². The summed E-state index contributed by atoms with van der Waals surface area (Å²) < 4.78 is 5.53. The van der Waals surface area contributed by atoms with Crippen molar-refractivity contribution in [3.63, 3.8) is 0 Å². The molecule has 0 radical (unpaired) electrons. The van der Waals surface area contributed by atoms with Crippen molar-refractivity contribution < 1.29 is 4.74 Å². The summed E-state index contributed by atoms with van der Waals surface area (Å²) in [6.45, 7) is 3.01. The van der Waals surface area contributed by atoms with Crippen LogP contribution in [0.4, 0.5) is 0 Å². The molecule has 2 rings (SSSR count). The quantitative estimate of drug-likeness (QED) is 0.600. The third-order valence-corrected chi connectivity index (χ3v) is 2.35. The van der Waals surface area contributed by atoms with Gasteiger partial charge in [0.05, 0.1) is 6.61 Å². The van der Waals surface area contributed by atoms with E-state index in [4.69, 9.17) is 16.3 Å². The summed E-state index contributed by atoms with van der Waals surface area (Å²) in [5.74, 6) is 1.61. The van der Waals surface area contributed by atoms with Crippen molar-refractivity contribution in [3.8, 4) is 5.75 Å². The summed E-state index contributed by atoms with van der Waals surface area (Å²) in [4.78, 5) is 0. The van der Waals surface area contributed by atoms with Gasteiger partial charge in [0.2, 0.25) is 0 Å². The maximum atomic E-state index is 5.87. The third kappa shape index (κ3) is 1.42. The zero-order chi connectivity index (χ0) is 8.55. The number of fused-ring (bicyclic) bond motifs is 1. The summed E-state index contributed by atoms with van der Waals surface area (Å²) >= 11 is 5.87. The van der Waals surface area contributed by atoms with E-state index in [0.717, 1.165) is 23.8 Å². The zero-order valence-electron chi connectivity index (χ0n) is 7.01. The van der Waals surface area contributed by atoms with Gasteiger partial charge in [0.15, 0.2) is 0 Å². The molecule has 2 heteroatoms. The van der Waals surface area contributed by atoms with E-state index in [2.05, 4.69) is 6.92 Å². The first-order valence-corrected chi connectivity index (χ1v) is 4.55. The van der Waals surface area contributed by atoms with Gasteiger partial charge < -0.3 is 4.74 Å². The van der Waals surface area contributed by atoms with Gasteiger partial charge >= 0.3 is 0 Å². The topological polar surface area (TPSA) is 9.23 Å². The van der Waals surface area contributed by atoms with Crippen molar-refractivity contribution in [3.05, 3.63) is 28.8 Å². The summed E-state index contributed by atoms with van der Waals surface area (Å²) in [7, 11) is 0. The molecule has 0 aliphatic carbocycles. The second kappa shape index (κ2) is 2.98. The molecule has 0 amide bonds. The van der Waals surface area contributed by atoms with Crippen LogP contribution in [0.25, 0.3) is 0 Å². The Balaban J connectivity index is 2.37. The molecule has 0 saturated heterocycles. The SMILES string of the molecule is CC1COc2ccc(Cl)cc2C1. The lowest BCUT2D eigenvalue weighted by atomic mass is 9.99. The van der Waals surface area contributed by atoms with Crippen molar-refractivity contribution in [2.45, 2.75) is 13.3 Å². The second-order valence-electron chi connectivity index (χ2n) is 3.37. The van der Waals surface area contributed by atoms with E-state index < -0.39 is 0 Å². The lowest BCUT2D eigenvalue weighted by molar-refractivity contribution is 0.234. The average Bonchev–Trinajstić information content (AvgIpc) is 2.03. The van der Waals surface area contributed by atoms with Gasteiger partial charge in [-0.15, -0.1) is 0 Å². The molecule has 1 heterocycles. The van der Waals surface area contributed by atoms with Crippen LogP contribution in [-0.4, -0.2) is 6.61 Å². The van der Waals surface area contributed by atoms with E-state index in [0.29, 0.717) is 5.92 Å². The van der Waals surface area contributed by atoms with Crippen LogP contribution in [0.5, 0.6) is 5.75 Å². The van der Waals surface area contributed by atoms with E-state index in [1.165, 1.54) is 5.56 Å². The van der Waals surface area contributed by atoms with Crippen LogP contribution in [0, 0.1) is 5.92 Å². The average molecular weight is 183 g/mol. The summed E-state index contributed by atoms with van der Waals surface area (Å²) in [5, 5.41) is 0.798. The first kappa shape index (κ1) is 7.93. The van der Waals surface area contributed by atoms with Gasteiger partial charge in [-0.2, -0.15) is 0 Å². The molecular formula is C10H11ClO. The molecule has 0 bridgehead atoms. The lowest BCUT2D eigenvalue weighted by Crippen LogP contribution is -2.17. The molecule has 0 spiro atoms. The Kier molecular flexibility index (Phi) is 1.97.